The van der Waals surface area contributed by atoms with E-state index in [1.807, 2.05) is 31.2 Å². The number of amides is 2. The number of benzene rings is 2. The fourth-order valence-corrected chi connectivity index (χ4v) is 3.34. The molecule has 3 aromatic rings. The Balaban J connectivity index is 1.48. The van der Waals surface area contributed by atoms with Gasteiger partial charge in [0.25, 0.3) is 5.91 Å². The third kappa shape index (κ3) is 4.32. The average Bonchev–Trinajstić information content (AvgIpc) is 2.95. The number of hydrogen-bond donors (Lipinski definition) is 3. The van der Waals surface area contributed by atoms with Crippen LogP contribution in [0.15, 0.2) is 53.0 Å². The zero-order valence-electron chi connectivity index (χ0n) is 14.4. The van der Waals surface area contributed by atoms with E-state index < -0.39 is 0 Å². The number of fused-ring (bicyclic) bond motifs is 1. The van der Waals surface area contributed by atoms with Crippen LogP contribution >= 0.6 is 15.9 Å². The lowest BCUT2D eigenvalue weighted by atomic mass is 10.1. The minimum atomic E-state index is -0.270. The Hall–Kier alpha value is -2.60. The number of nitrogens with one attached hydrogen (secondary N) is 3. The molecule has 1 aromatic heterocycles. The quantitative estimate of drug-likeness (QED) is 0.579. The summed E-state index contributed by atoms with van der Waals surface area (Å²) in [6, 6.07) is 15.2. The van der Waals surface area contributed by atoms with Crippen molar-refractivity contribution in [3.8, 4) is 0 Å². The topological polar surface area (TPSA) is 74.0 Å². The minimum absolute atomic E-state index is 0.0434. The molecule has 0 bridgehead atoms. The van der Waals surface area contributed by atoms with Gasteiger partial charge in [-0.3, -0.25) is 9.59 Å². The van der Waals surface area contributed by atoms with Crippen molar-refractivity contribution < 1.29 is 9.59 Å². The zero-order valence-corrected chi connectivity index (χ0v) is 16.0. The van der Waals surface area contributed by atoms with Crippen LogP contribution in [-0.2, 0) is 11.2 Å². The van der Waals surface area contributed by atoms with E-state index in [-0.39, 0.29) is 18.4 Å². The molecule has 0 fully saturated rings. The molecule has 134 valence electrons. The van der Waals surface area contributed by atoms with Crippen molar-refractivity contribution in [3.05, 3.63) is 69.8 Å². The van der Waals surface area contributed by atoms with Crippen molar-refractivity contribution in [2.75, 3.05) is 13.1 Å². The Morgan fingerprint density at radius 2 is 1.88 bits per heavy atom. The van der Waals surface area contributed by atoms with E-state index in [0.29, 0.717) is 12.1 Å². The standard InChI is InChI=1S/C20H20BrN3O2/c1-13-16(17-7-2-3-8-18(17)24-13)9-10-22-19(25)12-23-20(26)14-5-4-6-15(21)11-14/h2-8,11,24H,9-10,12H2,1H3,(H,22,25)(H,23,26). The lowest BCUT2D eigenvalue weighted by Gasteiger charge is -2.08. The third-order valence-corrected chi connectivity index (χ3v) is 4.71. The summed E-state index contributed by atoms with van der Waals surface area (Å²) in [5, 5.41) is 6.67. The zero-order chi connectivity index (χ0) is 18.5. The van der Waals surface area contributed by atoms with Gasteiger partial charge in [-0.1, -0.05) is 40.2 Å². The van der Waals surface area contributed by atoms with Crippen molar-refractivity contribution >= 4 is 38.6 Å². The number of rotatable bonds is 6. The normalized spacial score (nSPS) is 10.7. The Bertz CT molecular complexity index is 949. The second-order valence-electron chi connectivity index (χ2n) is 6.07. The molecule has 1 heterocycles. The summed E-state index contributed by atoms with van der Waals surface area (Å²) in [6.45, 7) is 2.52. The highest BCUT2D eigenvalue weighted by Crippen LogP contribution is 2.21. The fourth-order valence-electron chi connectivity index (χ4n) is 2.94. The second-order valence-corrected chi connectivity index (χ2v) is 6.98. The van der Waals surface area contributed by atoms with Crippen molar-refractivity contribution in [1.29, 1.82) is 0 Å². The van der Waals surface area contributed by atoms with E-state index >= 15 is 0 Å². The van der Waals surface area contributed by atoms with Crippen LogP contribution in [0.1, 0.15) is 21.6 Å². The summed E-state index contributed by atoms with van der Waals surface area (Å²) < 4.78 is 0.823. The van der Waals surface area contributed by atoms with Crippen molar-refractivity contribution in [2.24, 2.45) is 0 Å². The first-order valence-electron chi connectivity index (χ1n) is 8.41. The van der Waals surface area contributed by atoms with Gasteiger partial charge in [0.15, 0.2) is 0 Å². The summed E-state index contributed by atoms with van der Waals surface area (Å²) in [7, 11) is 0. The van der Waals surface area contributed by atoms with Gasteiger partial charge in [0, 0.05) is 33.2 Å². The summed E-state index contributed by atoms with van der Waals surface area (Å²) in [6.07, 6.45) is 0.737. The van der Waals surface area contributed by atoms with Crippen LogP contribution in [-0.4, -0.2) is 29.9 Å². The summed E-state index contributed by atoms with van der Waals surface area (Å²) in [5.41, 5.74) is 3.94. The predicted octanol–water partition coefficient (Wildman–Crippen LogP) is 3.33. The van der Waals surface area contributed by atoms with Crippen molar-refractivity contribution in [1.82, 2.24) is 15.6 Å². The Labute approximate surface area is 160 Å². The van der Waals surface area contributed by atoms with Gasteiger partial charge in [-0.2, -0.15) is 0 Å². The van der Waals surface area contributed by atoms with Gasteiger partial charge in [0.1, 0.15) is 0 Å². The van der Waals surface area contributed by atoms with Crippen molar-refractivity contribution in [3.63, 3.8) is 0 Å². The fraction of sp³-hybridized carbons (Fsp3) is 0.200. The second kappa shape index (κ2) is 8.19. The maximum atomic E-state index is 12.0. The molecular weight excluding hydrogens is 394 g/mol. The Morgan fingerprint density at radius 3 is 2.69 bits per heavy atom. The third-order valence-electron chi connectivity index (χ3n) is 4.22. The molecule has 0 radical (unpaired) electrons. The van der Waals surface area contributed by atoms with Crippen LogP contribution in [0.2, 0.25) is 0 Å². The van der Waals surface area contributed by atoms with E-state index in [0.717, 1.165) is 22.1 Å². The number of aromatic amines is 1. The predicted molar refractivity (Wildman–Crippen MR) is 106 cm³/mol. The lowest BCUT2D eigenvalue weighted by molar-refractivity contribution is -0.120. The SMILES string of the molecule is Cc1[nH]c2ccccc2c1CCNC(=O)CNC(=O)c1cccc(Br)c1. The molecule has 2 amide bonds. The molecule has 0 aliphatic rings. The van der Waals surface area contributed by atoms with Gasteiger partial charge in [-0.25, -0.2) is 0 Å². The first kappa shape index (κ1) is 18.2. The van der Waals surface area contributed by atoms with Crippen LogP contribution in [0.3, 0.4) is 0 Å². The monoisotopic (exact) mass is 413 g/mol. The number of carbonyl (C=O) groups excluding carboxylic acids is 2. The van der Waals surface area contributed by atoms with Gasteiger partial charge >= 0.3 is 0 Å². The van der Waals surface area contributed by atoms with E-state index in [9.17, 15) is 9.59 Å². The first-order valence-corrected chi connectivity index (χ1v) is 9.20. The molecule has 5 nitrogen and oxygen atoms in total. The maximum Gasteiger partial charge on any atom is 0.251 e. The van der Waals surface area contributed by atoms with Gasteiger partial charge in [0.05, 0.1) is 6.54 Å². The number of aromatic nitrogens is 1. The highest BCUT2D eigenvalue weighted by Gasteiger charge is 2.10. The Kier molecular flexibility index (Phi) is 5.73. The van der Waals surface area contributed by atoms with Gasteiger partial charge in [-0.15, -0.1) is 0 Å². The molecule has 3 N–H and O–H groups in total. The molecule has 2 aromatic carbocycles. The molecule has 6 heteroatoms. The first-order chi connectivity index (χ1) is 12.5. The van der Waals surface area contributed by atoms with E-state index in [4.69, 9.17) is 0 Å². The molecule has 0 aliphatic heterocycles. The molecule has 0 spiro atoms. The maximum absolute atomic E-state index is 12.0. The van der Waals surface area contributed by atoms with E-state index in [2.05, 4.69) is 37.6 Å². The Morgan fingerprint density at radius 1 is 1.08 bits per heavy atom. The van der Waals surface area contributed by atoms with Crippen LogP contribution in [0.4, 0.5) is 0 Å². The smallest absolute Gasteiger partial charge is 0.251 e. The van der Waals surface area contributed by atoms with Crippen molar-refractivity contribution in [2.45, 2.75) is 13.3 Å². The van der Waals surface area contributed by atoms with E-state index in [1.165, 1.54) is 10.9 Å². The van der Waals surface area contributed by atoms with Crippen LogP contribution in [0.5, 0.6) is 0 Å². The largest absolute Gasteiger partial charge is 0.358 e. The number of para-hydroxylation sites is 1. The highest BCUT2D eigenvalue weighted by atomic mass is 79.9. The number of aryl methyl sites for hydroxylation is 1. The highest BCUT2D eigenvalue weighted by molar-refractivity contribution is 9.10. The number of halogens is 1. The number of carbonyl (C=O) groups is 2. The van der Waals surface area contributed by atoms with Crippen LogP contribution in [0, 0.1) is 6.92 Å². The average molecular weight is 414 g/mol. The molecule has 0 atom stereocenters. The molecule has 3 rings (SSSR count). The number of H-pyrrole nitrogens is 1. The van der Waals surface area contributed by atoms with Gasteiger partial charge in [-0.05, 0) is 43.2 Å². The summed E-state index contributed by atoms with van der Waals surface area (Å²) in [4.78, 5) is 27.4. The van der Waals surface area contributed by atoms with Crippen LogP contribution < -0.4 is 10.6 Å². The minimum Gasteiger partial charge on any atom is -0.358 e. The number of hydrogen-bond acceptors (Lipinski definition) is 2. The lowest BCUT2D eigenvalue weighted by Crippen LogP contribution is -2.37. The van der Waals surface area contributed by atoms with Gasteiger partial charge < -0.3 is 15.6 Å². The molecular formula is C20H20BrN3O2. The molecule has 0 aliphatic carbocycles. The molecule has 26 heavy (non-hydrogen) atoms. The van der Waals surface area contributed by atoms with E-state index in [1.54, 1.807) is 18.2 Å². The molecule has 0 saturated heterocycles. The molecule has 0 unspecified atom stereocenters. The van der Waals surface area contributed by atoms with Crippen LogP contribution in [0.25, 0.3) is 10.9 Å². The molecule has 0 saturated carbocycles. The summed E-state index contributed by atoms with van der Waals surface area (Å²) >= 11 is 3.32. The summed E-state index contributed by atoms with van der Waals surface area (Å²) in [5.74, 6) is -0.472. The van der Waals surface area contributed by atoms with Gasteiger partial charge in [0.2, 0.25) is 5.91 Å².